The van der Waals surface area contributed by atoms with Gasteiger partial charge >= 0.3 is 0 Å². The van der Waals surface area contributed by atoms with Gasteiger partial charge in [-0.1, -0.05) is 12.1 Å². The number of morpholine rings is 1. The van der Waals surface area contributed by atoms with Crippen molar-refractivity contribution in [2.75, 3.05) is 36.9 Å². The average molecular weight is 655 g/mol. The molecule has 2 N–H and O–H groups in total. The number of rotatable bonds is 8. The van der Waals surface area contributed by atoms with E-state index in [2.05, 4.69) is 15.6 Å². The highest BCUT2D eigenvalue weighted by molar-refractivity contribution is 7.22. The molecule has 5 aromatic rings. The van der Waals surface area contributed by atoms with Crippen LogP contribution in [-0.2, 0) is 14.3 Å². The van der Waals surface area contributed by atoms with Crippen LogP contribution in [0.5, 0.6) is 11.5 Å². The van der Waals surface area contributed by atoms with Crippen LogP contribution in [0.2, 0.25) is 0 Å². The second kappa shape index (κ2) is 12.5. The number of carbonyl (C=O) groups excluding carboxylic acids is 3. The summed E-state index contributed by atoms with van der Waals surface area (Å²) in [5, 5.41) is 5.29. The molecule has 238 valence electrons. The van der Waals surface area contributed by atoms with Crippen molar-refractivity contribution >= 4 is 50.6 Å². The number of nitrogens with zero attached hydrogens (tertiary/aromatic N) is 2. The van der Waals surface area contributed by atoms with Gasteiger partial charge in [0.2, 0.25) is 11.8 Å². The zero-order chi connectivity index (χ0) is 32.5. The van der Waals surface area contributed by atoms with Crippen molar-refractivity contribution in [1.82, 2.24) is 9.88 Å². The molecule has 0 bridgehead atoms. The van der Waals surface area contributed by atoms with Crippen molar-refractivity contribution in [3.63, 3.8) is 0 Å². The van der Waals surface area contributed by atoms with E-state index in [0.717, 1.165) is 21.2 Å². The van der Waals surface area contributed by atoms with Gasteiger partial charge < -0.3 is 25.0 Å². The number of anilines is 2. The van der Waals surface area contributed by atoms with Gasteiger partial charge in [0.15, 0.2) is 11.6 Å². The van der Waals surface area contributed by atoms with Crippen molar-refractivity contribution in [3.8, 4) is 21.9 Å². The van der Waals surface area contributed by atoms with E-state index >= 15 is 4.39 Å². The largest absolute Gasteiger partial charge is 0.453 e. The Bertz CT molecular complexity index is 1990. The Hall–Kier alpha value is -5.20. The van der Waals surface area contributed by atoms with Crippen LogP contribution in [0.4, 0.5) is 20.2 Å². The standard InChI is InChI=1S/C35H28F2N4O5S/c36-23-5-7-24(8-6-23)39-33(43)35(12-13-35)34(44)40-25-9-10-28(26(37)19-25)46-29-11-14-38-27-20-30(47-31(27)29)21-1-3-22(4-2-21)32(42)41-15-17-45-18-16-41/h1-11,14,19-20H,12-13,15-18H2,(H,39,43)(H,40,44). The van der Waals surface area contributed by atoms with Crippen molar-refractivity contribution in [3.05, 3.63) is 102 Å². The van der Waals surface area contributed by atoms with Crippen LogP contribution in [0.1, 0.15) is 23.2 Å². The fraction of sp³-hybridized carbons (Fsp3) is 0.200. The zero-order valence-corrected chi connectivity index (χ0v) is 25.7. The molecule has 3 heterocycles. The molecule has 9 nitrogen and oxygen atoms in total. The van der Waals surface area contributed by atoms with Crippen LogP contribution in [0.15, 0.2) is 85.1 Å². The van der Waals surface area contributed by atoms with E-state index in [-0.39, 0.29) is 17.3 Å². The molecule has 0 atom stereocenters. The van der Waals surface area contributed by atoms with Crippen LogP contribution in [-0.4, -0.2) is 53.9 Å². The maximum Gasteiger partial charge on any atom is 0.254 e. The molecule has 2 aromatic heterocycles. The molecule has 1 saturated heterocycles. The molecule has 47 heavy (non-hydrogen) atoms. The summed E-state index contributed by atoms with van der Waals surface area (Å²) in [6.07, 6.45) is 2.26. The smallest absolute Gasteiger partial charge is 0.254 e. The monoisotopic (exact) mass is 654 g/mol. The molecule has 2 fully saturated rings. The summed E-state index contributed by atoms with van der Waals surface area (Å²) < 4.78 is 40.5. The number of carbonyl (C=O) groups is 3. The number of nitrogens with one attached hydrogen (secondary N) is 2. The molecular weight excluding hydrogens is 626 g/mol. The van der Waals surface area contributed by atoms with Crippen molar-refractivity contribution in [2.45, 2.75) is 12.8 Å². The Morgan fingerprint density at radius 1 is 0.830 bits per heavy atom. The molecular formula is C35H28F2N4O5S. The Morgan fingerprint density at radius 2 is 1.51 bits per heavy atom. The van der Waals surface area contributed by atoms with Gasteiger partial charge in [0, 0.05) is 53.2 Å². The third kappa shape index (κ3) is 6.29. The minimum absolute atomic E-state index is 0.0273. The van der Waals surface area contributed by atoms with Crippen LogP contribution in [0.25, 0.3) is 20.7 Å². The molecule has 3 aromatic carbocycles. The lowest BCUT2D eigenvalue weighted by Gasteiger charge is -2.26. The first-order chi connectivity index (χ1) is 22.8. The first-order valence-electron chi connectivity index (χ1n) is 15.0. The lowest BCUT2D eigenvalue weighted by molar-refractivity contribution is -0.131. The summed E-state index contributed by atoms with van der Waals surface area (Å²) >= 11 is 1.43. The highest BCUT2D eigenvalue weighted by atomic mass is 32.1. The third-order valence-corrected chi connectivity index (χ3v) is 9.41. The van der Waals surface area contributed by atoms with Gasteiger partial charge in [-0.3, -0.25) is 19.4 Å². The molecule has 7 rings (SSSR count). The van der Waals surface area contributed by atoms with Crippen LogP contribution in [0, 0.1) is 17.0 Å². The van der Waals surface area contributed by atoms with Gasteiger partial charge in [-0.2, -0.15) is 0 Å². The third-order valence-electron chi connectivity index (χ3n) is 8.22. The summed E-state index contributed by atoms with van der Waals surface area (Å²) in [5.41, 5.74) is 1.46. The van der Waals surface area contributed by atoms with E-state index in [9.17, 15) is 18.8 Å². The molecule has 3 amide bonds. The number of thiophene rings is 1. The molecule has 12 heteroatoms. The SMILES string of the molecule is O=C(c1ccc(-c2cc3nccc(Oc4ccc(NC(=O)C5(C(=O)Nc6ccc(F)cc6)CC5)cc4F)c3s2)cc1)N1CCOCC1. The van der Waals surface area contributed by atoms with Crippen LogP contribution >= 0.6 is 11.3 Å². The Balaban J connectivity index is 1.03. The fourth-order valence-electron chi connectivity index (χ4n) is 5.36. The van der Waals surface area contributed by atoms with E-state index in [1.54, 1.807) is 29.3 Å². The molecule has 1 aliphatic heterocycles. The van der Waals surface area contributed by atoms with Crippen molar-refractivity contribution in [2.24, 2.45) is 5.41 Å². The molecule has 1 aliphatic carbocycles. The number of hydrogen-bond donors (Lipinski definition) is 2. The van der Waals surface area contributed by atoms with E-state index in [0.29, 0.717) is 61.7 Å². The number of fused-ring (bicyclic) bond motifs is 1. The van der Waals surface area contributed by atoms with E-state index in [1.165, 1.54) is 47.7 Å². The van der Waals surface area contributed by atoms with Crippen molar-refractivity contribution in [1.29, 1.82) is 0 Å². The Labute approximate surface area is 272 Å². The first-order valence-corrected chi connectivity index (χ1v) is 15.8. The zero-order valence-electron chi connectivity index (χ0n) is 24.9. The highest BCUT2D eigenvalue weighted by Crippen LogP contribution is 2.48. The second-order valence-electron chi connectivity index (χ2n) is 11.4. The minimum atomic E-state index is -1.28. The first kappa shape index (κ1) is 30.5. The number of aromatic nitrogens is 1. The van der Waals surface area contributed by atoms with Gasteiger partial charge in [0.1, 0.15) is 17.0 Å². The molecule has 0 unspecified atom stereocenters. The van der Waals surface area contributed by atoms with Gasteiger partial charge in [-0.15, -0.1) is 11.3 Å². The molecule has 0 spiro atoms. The number of pyridine rings is 1. The molecule has 0 radical (unpaired) electrons. The number of halogens is 2. The summed E-state index contributed by atoms with van der Waals surface area (Å²) in [6.45, 7) is 2.22. The average Bonchev–Trinajstić information content (AvgIpc) is 3.80. The van der Waals surface area contributed by atoms with Gasteiger partial charge in [0.25, 0.3) is 5.91 Å². The van der Waals surface area contributed by atoms with E-state index in [1.807, 2.05) is 18.2 Å². The lowest BCUT2D eigenvalue weighted by atomic mass is 10.0. The van der Waals surface area contributed by atoms with E-state index in [4.69, 9.17) is 9.47 Å². The number of benzene rings is 3. The maximum absolute atomic E-state index is 15.2. The van der Waals surface area contributed by atoms with Gasteiger partial charge in [-0.25, -0.2) is 8.78 Å². The second-order valence-corrected chi connectivity index (χ2v) is 12.4. The van der Waals surface area contributed by atoms with E-state index < -0.39 is 28.9 Å². The predicted molar refractivity (Wildman–Crippen MR) is 174 cm³/mol. The van der Waals surface area contributed by atoms with Crippen molar-refractivity contribution < 1.29 is 32.6 Å². The minimum Gasteiger partial charge on any atom is -0.453 e. The number of amides is 3. The highest BCUT2D eigenvalue weighted by Gasteiger charge is 2.56. The van der Waals surface area contributed by atoms with Gasteiger partial charge in [0.05, 0.1) is 23.4 Å². The number of hydrogen-bond acceptors (Lipinski definition) is 7. The fourth-order valence-corrected chi connectivity index (χ4v) is 6.43. The Kier molecular flexibility index (Phi) is 8.12. The topological polar surface area (TPSA) is 110 Å². The molecule has 1 saturated carbocycles. The normalized spacial score (nSPS) is 15.2. The summed E-state index contributed by atoms with van der Waals surface area (Å²) in [6, 6.07) is 20.3. The van der Waals surface area contributed by atoms with Gasteiger partial charge in [-0.05, 0) is 73.0 Å². The summed E-state index contributed by atoms with van der Waals surface area (Å²) in [4.78, 5) is 45.9. The molecule has 2 aliphatic rings. The quantitative estimate of drug-likeness (QED) is 0.177. The summed E-state index contributed by atoms with van der Waals surface area (Å²) in [5.74, 6) is -1.86. The summed E-state index contributed by atoms with van der Waals surface area (Å²) in [7, 11) is 0. The number of ether oxygens (including phenoxy) is 2. The Morgan fingerprint density at radius 3 is 2.19 bits per heavy atom. The van der Waals surface area contributed by atoms with Crippen LogP contribution in [0.3, 0.4) is 0 Å². The van der Waals surface area contributed by atoms with Crippen LogP contribution < -0.4 is 15.4 Å². The predicted octanol–water partition coefficient (Wildman–Crippen LogP) is 6.86. The lowest BCUT2D eigenvalue weighted by Crippen LogP contribution is -2.40. The maximum atomic E-state index is 15.2.